The highest BCUT2D eigenvalue weighted by atomic mass is 16.6. The van der Waals surface area contributed by atoms with E-state index < -0.39 is 10.8 Å². The quantitative estimate of drug-likeness (QED) is 0.503. The first-order valence-electron chi connectivity index (χ1n) is 8.71. The molecule has 0 saturated carbocycles. The van der Waals surface area contributed by atoms with Gasteiger partial charge >= 0.3 is 5.69 Å². The molecule has 0 atom stereocenters. The van der Waals surface area contributed by atoms with Gasteiger partial charge < -0.3 is 19.5 Å². The van der Waals surface area contributed by atoms with E-state index in [4.69, 9.17) is 14.2 Å². The minimum absolute atomic E-state index is 0.0812. The lowest BCUT2D eigenvalue weighted by Gasteiger charge is -2.18. The Balaban J connectivity index is 1.40. The number of hydrogen-bond donors (Lipinski definition) is 1. The Morgan fingerprint density at radius 2 is 1.97 bits per heavy atom. The smallest absolute Gasteiger partial charge is 0.311 e. The van der Waals surface area contributed by atoms with Crippen LogP contribution in [0.4, 0.5) is 11.4 Å². The molecule has 0 spiro atoms. The van der Waals surface area contributed by atoms with Crippen molar-refractivity contribution in [2.75, 3.05) is 18.5 Å². The number of fused-ring (bicyclic) bond motifs is 1. The van der Waals surface area contributed by atoms with Gasteiger partial charge in [-0.2, -0.15) is 5.10 Å². The molecule has 1 aromatic heterocycles. The van der Waals surface area contributed by atoms with Gasteiger partial charge in [-0.25, -0.2) is 4.68 Å². The van der Waals surface area contributed by atoms with Gasteiger partial charge in [0.05, 0.1) is 4.92 Å². The normalized spacial score (nSPS) is 12.3. The third-order valence-electron chi connectivity index (χ3n) is 4.09. The van der Waals surface area contributed by atoms with Crippen molar-refractivity contribution >= 4 is 17.3 Å². The molecule has 1 amide bonds. The maximum Gasteiger partial charge on any atom is 0.311 e. The van der Waals surface area contributed by atoms with Crippen LogP contribution in [0.3, 0.4) is 0 Å². The van der Waals surface area contributed by atoms with Crippen LogP contribution in [0, 0.1) is 10.1 Å². The van der Waals surface area contributed by atoms with Gasteiger partial charge in [-0.1, -0.05) is 12.1 Å². The van der Waals surface area contributed by atoms with Gasteiger partial charge in [0.2, 0.25) is 0 Å². The number of amides is 1. The minimum Gasteiger partial charge on any atom is -0.486 e. The predicted octanol–water partition coefficient (Wildman–Crippen LogP) is 2.85. The number of anilines is 1. The number of ether oxygens (including phenoxy) is 3. The Bertz CT molecular complexity index is 1060. The number of nitro groups is 1. The molecular formula is C19H16N4O6. The van der Waals surface area contributed by atoms with Crippen LogP contribution in [0.1, 0.15) is 10.5 Å². The molecule has 148 valence electrons. The summed E-state index contributed by atoms with van der Waals surface area (Å²) in [5.41, 5.74) is 0.576. The Kier molecular flexibility index (Phi) is 4.97. The number of para-hydroxylation sites is 2. The largest absolute Gasteiger partial charge is 0.486 e. The average Bonchev–Trinajstić information content (AvgIpc) is 3.21. The number of nitro benzene ring substituents is 1. The van der Waals surface area contributed by atoms with Crippen molar-refractivity contribution in [3.05, 3.63) is 70.5 Å². The second-order valence-electron chi connectivity index (χ2n) is 6.05. The summed E-state index contributed by atoms with van der Waals surface area (Å²) in [5, 5.41) is 17.9. The Hall–Kier alpha value is -4.08. The summed E-state index contributed by atoms with van der Waals surface area (Å²) in [7, 11) is 0. The zero-order valence-electron chi connectivity index (χ0n) is 15.1. The molecule has 2 heterocycles. The van der Waals surface area contributed by atoms with Crippen LogP contribution in [-0.2, 0) is 6.73 Å². The standard InChI is InChI=1S/C19H16N4O6/c24-19(20-13-5-6-17-18(11-13)28-10-9-27-17)14-7-8-22(21-14)12-29-16-4-2-1-3-15(16)23(25)26/h1-8,11H,9-10,12H2,(H,20,24). The van der Waals surface area contributed by atoms with Crippen molar-refractivity contribution in [1.82, 2.24) is 9.78 Å². The van der Waals surface area contributed by atoms with E-state index in [9.17, 15) is 14.9 Å². The molecule has 1 aliphatic heterocycles. The molecule has 0 aliphatic carbocycles. The molecule has 29 heavy (non-hydrogen) atoms. The first-order chi connectivity index (χ1) is 14.1. The number of carbonyl (C=O) groups is 1. The van der Waals surface area contributed by atoms with Gasteiger partial charge in [-0.15, -0.1) is 0 Å². The second kappa shape index (κ2) is 7.89. The summed E-state index contributed by atoms with van der Waals surface area (Å²) in [5.74, 6) is 0.907. The third-order valence-corrected chi connectivity index (χ3v) is 4.09. The Labute approximate surface area is 164 Å². The zero-order valence-corrected chi connectivity index (χ0v) is 15.1. The summed E-state index contributed by atoms with van der Waals surface area (Å²) >= 11 is 0. The number of nitrogens with zero attached hydrogens (tertiary/aromatic N) is 3. The van der Waals surface area contributed by atoms with Crippen LogP contribution in [0.15, 0.2) is 54.7 Å². The van der Waals surface area contributed by atoms with Crippen LogP contribution in [0.25, 0.3) is 0 Å². The summed E-state index contributed by atoms with van der Waals surface area (Å²) in [4.78, 5) is 22.9. The summed E-state index contributed by atoms with van der Waals surface area (Å²) in [6.45, 7) is 0.862. The van der Waals surface area contributed by atoms with E-state index in [-0.39, 0.29) is 23.9 Å². The van der Waals surface area contributed by atoms with Crippen molar-refractivity contribution in [1.29, 1.82) is 0 Å². The van der Waals surface area contributed by atoms with Crippen molar-refractivity contribution in [2.45, 2.75) is 6.73 Å². The topological polar surface area (TPSA) is 118 Å². The minimum atomic E-state index is -0.523. The average molecular weight is 396 g/mol. The molecule has 4 rings (SSSR count). The van der Waals surface area contributed by atoms with E-state index in [0.717, 1.165) is 0 Å². The molecule has 10 heteroatoms. The number of carbonyl (C=O) groups excluding carboxylic acids is 1. The molecule has 0 radical (unpaired) electrons. The molecule has 3 aromatic rings. The maximum atomic E-state index is 12.4. The van der Waals surface area contributed by atoms with E-state index in [1.807, 2.05) is 0 Å². The van der Waals surface area contributed by atoms with Crippen LogP contribution in [0.5, 0.6) is 17.2 Å². The zero-order chi connectivity index (χ0) is 20.2. The second-order valence-corrected chi connectivity index (χ2v) is 6.05. The fourth-order valence-corrected chi connectivity index (χ4v) is 2.74. The number of aromatic nitrogens is 2. The fraction of sp³-hybridized carbons (Fsp3) is 0.158. The first-order valence-corrected chi connectivity index (χ1v) is 8.71. The molecule has 0 bridgehead atoms. The van der Waals surface area contributed by atoms with E-state index in [0.29, 0.717) is 30.4 Å². The van der Waals surface area contributed by atoms with Crippen molar-refractivity contribution in [2.24, 2.45) is 0 Å². The van der Waals surface area contributed by atoms with E-state index >= 15 is 0 Å². The highest BCUT2D eigenvalue weighted by molar-refractivity contribution is 6.02. The lowest BCUT2D eigenvalue weighted by Crippen LogP contribution is -2.17. The predicted molar refractivity (Wildman–Crippen MR) is 101 cm³/mol. The lowest BCUT2D eigenvalue weighted by atomic mass is 10.2. The SMILES string of the molecule is O=C(Nc1ccc2c(c1)OCCO2)c1ccn(COc2ccccc2[N+](=O)[O-])n1. The van der Waals surface area contributed by atoms with Gasteiger partial charge in [-0.05, 0) is 24.3 Å². The molecule has 2 aromatic carbocycles. The van der Waals surface area contributed by atoms with Gasteiger partial charge in [0.15, 0.2) is 29.7 Å². The van der Waals surface area contributed by atoms with Crippen LogP contribution < -0.4 is 19.5 Å². The summed E-state index contributed by atoms with van der Waals surface area (Å²) < 4.78 is 17.8. The third kappa shape index (κ3) is 4.10. The van der Waals surface area contributed by atoms with Crippen LogP contribution >= 0.6 is 0 Å². The number of rotatable bonds is 6. The van der Waals surface area contributed by atoms with Crippen LogP contribution in [-0.4, -0.2) is 33.8 Å². The van der Waals surface area contributed by atoms with E-state index in [1.54, 1.807) is 36.5 Å². The molecule has 0 saturated heterocycles. The van der Waals surface area contributed by atoms with E-state index in [1.165, 1.54) is 22.9 Å². The van der Waals surface area contributed by atoms with Crippen molar-refractivity contribution in [3.63, 3.8) is 0 Å². The number of benzene rings is 2. The van der Waals surface area contributed by atoms with Gasteiger partial charge in [-0.3, -0.25) is 14.9 Å². The summed E-state index contributed by atoms with van der Waals surface area (Å²) in [6.07, 6.45) is 1.55. The first kappa shape index (κ1) is 18.3. The lowest BCUT2D eigenvalue weighted by molar-refractivity contribution is -0.386. The van der Waals surface area contributed by atoms with Crippen molar-refractivity contribution < 1.29 is 23.9 Å². The summed E-state index contributed by atoms with van der Waals surface area (Å²) in [6, 6.07) is 12.7. The van der Waals surface area contributed by atoms with Crippen LogP contribution in [0.2, 0.25) is 0 Å². The maximum absolute atomic E-state index is 12.4. The molecule has 0 fully saturated rings. The fourth-order valence-electron chi connectivity index (χ4n) is 2.74. The molecule has 1 aliphatic rings. The van der Waals surface area contributed by atoms with Crippen molar-refractivity contribution in [3.8, 4) is 17.2 Å². The van der Waals surface area contributed by atoms with Gasteiger partial charge in [0.25, 0.3) is 5.91 Å². The monoisotopic (exact) mass is 396 g/mol. The Morgan fingerprint density at radius 1 is 1.17 bits per heavy atom. The molecular weight excluding hydrogens is 380 g/mol. The molecule has 10 nitrogen and oxygen atoms in total. The Morgan fingerprint density at radius 3 is 2.79 bits per heavy atom. The molecule has 0 unspecified atom stereocenters. The number of nitrogens with one attached hydrogen (secondary N) is 1. The number of hydrogen-bond acceptors (Lipinski definition) is 7. The van der Waals surface area contributed by atoms with E-state index in [2.05, 4.69) is 10.4 Å². The molecule has 1 N–H and O–H groups in total. The highest BCUT2D eigenvalue weighted by Gasteiger charge is 2.16. The highest BCUT2D eigenvalue weighted by Crippen LogP contribution is 2.32. The van der Waals surface area contributed by atoms with Gasteiger partial charge in [0, 0.05) is 24.0 Å². The van der Waals surface area contributed by atoms with Gasteiger partial charge in [0.1, 0.15) is 13.2 Å².